The van der Waals surface area contributed by atoms with Crippen molar-refractivity contribution in [1.29, 1.82) is 0 Å². The van der Waals surface area contributed by atoms with Gasteiger partial charge in [0.15, 0.2) is 8.32 Å². The fourth-order valence-corrected chi connectivity index (χ4v) is 9.24. The van der Waals surface area contributed by atoms with Gasteiger partial charge in [0.05, 0.1) is 12.0 Å². The highest BCUT2D eigenvalue weighted by molar-refractivity contribution is 6.74. The Morgan fingerprint density at radius 1 is 1.24 bits per heavy atom. The van der Waals surface area contributed by atoms with Gasteiger partial charge in [-0.3, -0.25) is 4.79 Å². The van der Waals surface area contributed by atoms with Crippen LogP contribution < -0.4 is 0 Å². The van der Waals surface area contributed by atoms with Crippen LogP contribution in [-0.2, 0) is 14.0 Å². The molecule has 4 rings (SSSR count). The van der Waals surface area contributed by atoms with Gasteiger partial charge >= 0.3 is 5.97 Å². The number of carbonyl (C=O) groups is 1. The molecule has 188 valence electrons. The Hall–Kier alpha value is -0.653. The Labute approximate surface area is 203 Å². The smallest absolute Gasteiger partial charge is 0.306 e. The molecule has 33 heavy (non-hydrogen) atoms. The average molecular weight is 477 g/mol. The maximum absolute atomic E-state index is 11.8. The second-order valence-corrected chi connectivity index (χ2v) is 18.5. The molecular weight excluding hydrogens is 428 g/mol. The first-order valence-electron chi connectivity index (χ1n) is 13.4. The highest BCUT2D eigenvalue weighted by atomic mass is 28.4. The third-order valence-electron chi connectivity index (χ3n) is 10.9. The fraction of sp³-hybridized carbons (Fsp3) is 0.893. The molecule has 0 aliphatic heterocycles. The predicted octanol–water partition coefficient (Wildman–Crippen LogP) is 7.06. The van der Waals surface area contributed by atoms with Crippen LogP contribution in [0.4, 0.5) is 0 Å². The van der Waals surface area contributed by atoms with E-state index < -0.39 is 14.3 Å². The molecule has 4 fully saturated rings. The highest BCUT2D eigenvalue weighted by Crippen LogP contribution is 2.68. The Kier molecular flexibility index (Phi) is 6.54. The molecule has 4 saturated carbocycles. The third kappa shape index (κ3) is 4.29. The average Bonchev–Trinajstić information content (AvgIpc) is 3.09. The van der Waals surface area contributed by atoms with Crippen molar-refractivity contribution in [2.75, 3.05) is 7.11 Å². The topological polar surface area (TPSA) is 55.8 Å². The first-order valence-corrected chi connectivity index (χ1v) is 16.3. The van der Waals surface area contributed by atoms with Crippen molar-refractivity contribution >= 4 is 14.3 Å². The summed E-state index contributed by atoms with van der Waals surface area (Å²) in [5.74, 6) is 0.640. The van der Waals surface area contributed by atoms with Crippen molar-refractivity contribution in [3.63, 3.8) is 0 Å². The summed E-state index contributed by atoms with van der Waals surface area (Å²) in [5.41, 5.74) is 1.93. The molecule has 0 aromatic carbocycles. The molecule has 0 radical (unpaired) electrons. The number of hydrogen-bond donors (Lipinski definition) is 1. The molecule has 0 heterocycles. The van der Waals surface area contributed by atoms with Gasteiger partial charge in [-0.2, -0.15) is 0 Å². The Balaban J connectivity index is 1.50. The van der Waals surface area contributed by atoms with Crippen LogP contribution in [0.2, 0.25) is 18.1 Å². The van der Waals surface area contributed by atoms with Crippen molar-refractivity contribution in [3.05, 3.63) is 11.6 Å². The van der Waals surface area contributed by atoms with E-state index in [1.807, 2.05) is 14.0 Å². The number of ether oxygens (including phenoxy) is 1. The van der Waals surface area contributed by atoms with E-state index in [1.165, 1.54) is 19.3 Å². The zero-order valence-electron chi connectivity index (χ0n) is 22.4. The molecule has 0 aromatic rings. The first-order chi connectivity index (χ1) is 15.2. The number of allylic oxidation sites excluding steroid dienone is 1. The molecule has 4 aliphatic carbocycles. The van der Waals surface area contributed by atoms with Crippen LogP contribution >= 0.6 is 0 Å². The summed E-state index contributed by atoms with van der Waals surface area (Å²) in [7, 11) is 0.130. The molecule has 0 spiro atoms. The van der Waals surface area contributed by atoms with Crippen LogP contribution in [0.3, 0.4) is 0 Å². The number of hydrogen-bond acceptors (Lipinski definition) is 3. The highest BCUT2D eigenvalue weighted by Gasteiger charge is 2.65. The summed E-state index contributed by atoms with van der Waals surface area (Å²) in [5, 5.41) is 9.94. The molecular formula is C28H48O4Si. The number of carboxylic acids is 1. The molecule has 0 unspecified atom stereocenters. The summed E-state index contributed by atoms with van der Waals surface area (Å²) in [4.78, 5) is 11.8. The van der Waals surface area contributed by atoms with Crippen molar-refractivity contribution in [1.82, 2.24) is 0 Å². The van der Waals surface area contributed by atoms with Gasteiger partial charge in [0.25, 0.3) is 0 Å². The van der Waals surface area contributed by atoms with Crippen molar-refractivity contribution in [2.24, 2.45) is 34.5 Å². The van der Waals surface area contributed by atoms with E-state index in [1.54, 1.807) is 5.57 Å². The second-order valence-electron chi connectivity index (χ2n) is 13.7. The Morgan fingerprint density at radius 2 is 1.94 bits per heavy atom. The SMILES string of the molecule is CO[C@H](/C=C1\CCC[C@]2(C)[C@@H]([C@H](C)C(=O)O)CC[C@@H]12)[C@@]12C[C@@H](O[Si](C)(C)C(C)(C)C)C[C@@H]1C2. The lowest BCUT2D eigenvalue weighted by atomic mass is 9.61. The predicted molar refractivity (Wildman–Crippen MR) is 136 cm³/mol. The molecule has 0 amide bonds. The molecule has 8 atom stereocenters. The molecule has 5 heteroatoms. The summed E-state index contributed by atoms with van der Waals surface area (Å²) >= 11 is 0. The number of rotatable bonds is 7. The number of methoxy groups -OCH3 is 1. The zero-order chi connectivity index (χ0) is 24.4. The van der Waals surface area contributed by atoms with Gasteiger partial charge in [-0.05, 0) is 92.7 Å². The van der Waals surface area contributed by atoms with Gasteiger partial charge in [-0.15, -0.1) is 0 Å². The van der Waals surface area contributed by atoms with E-state index in [9.17, 15) is 9.90 Å². The normalized spacial score (nSPS) is 41.5. The molecule has 0 bridgehead atoms. The van der Waals surface area contributed by atoms with Gasteiger partial charge in [-0.1, -0.05) is 46.3 Å². The summed E-state index contributed by atoms with van der Waals surface area (Å²) in [6.45, 7) is 16.0. The lowest BCUT2D eigenvalue weighted by Crippen LogP contribution is -2.44. The fourth-order valence-electron chi connectivity index (χ4n) is 7.88. The van der Waals surface area contributed by atoms with Gasteiger partial charge < -0.3 is 14.3 Å². The van der Waals surface area contributed by atoms with Crippen LogP contribution in [0.25, 0.3) is 0 Å². The lowest BCUT2D eigenvalue weighted by molar-refractivity contribution is -0.144. The molecule has 4 nitrogen and oxygen atoms in total. The van der Waals surface area contributed by atoms with Gasteiger partial charge in [0.2, 0.25) is 0 Å². The summed E-state index contributed by atoms with van der Waals surface area (Å²) in [6, 6.07) is 0. The molecule has 1 N–H and O–H groups in total. The lowest BCUT2D eigenvalue weighted by Gasteiger charge is -2.44. The minimum atomic E-state index is -1.76. The van der Waals surface area contributed by atoms with Gasteiger partial charge in [0.1, 0.15) is 0 Å². The van der Waals surface area contributed by atoms with Gasteiger partial charge in [-0.25, -0.2) is 0 Å². The van der Waals surface area contributed by atoms with E-state index in [-0.39, 0.29) is 33.8 Å². The maximum atomic E-state index is 11.8. The summed E-state index contributed by atoms with van der Waals surface area (Å²) in [6.07, 6.45) is 12.3. The minimum Gasteiger partial charge on any atom is -0.481 e. The van der Waals surface area contributed by atoms with Crippen molar-refractivity contribution in [2.45, 2.75) is 116 Å². The summed E-state index contributed by atoms with van der Waals surface area (Å²) < 4.78 is 13.0. The van der Waals surface area contributed by atoms with Crippen LogP contribution in [0.1, 0.15) is 86.0 Å². The van der Waals surface area contributed by atoms with Crippen LogP contribution in [0.5, 0.6) is 0 Å². The number of carboxylic acid groups (broad SMARTS) is 1. The first kappa shape index (κ1) is 25.4. The van der Waals surface area contributed by atoms with E-state index in [0.29, 0.717) is 12.0 Å². The molecule has 4 aliphatic rings. The number of aliphatic carboxylic acids is 1. The monoisotopic (exact) mass is 476 g/mol. The maximum Gasteiger partial charge on any atom is 0.306 e. The van der Waals surface area contributed by atoms with Crippen LogP contribution in [0.15, 0.2) is 11.6 Å². The van der Waals surface area contributed by atoms with Crippen LogP contribution in [-0.4, -0.2) is 38.7 Å². The Morgan fingerprint density at radius 3 is 2.55 bits per heavy atom. The Bertz CT molecular complexity index is 798. The molecule has 0 aromatic heterocycles. The van der Waals surface area contributed by atoms with E-state index in [2.05, 4.69) is 46.9 Å². The zero-order valence-corrected chi connectivity index (χ0v) is 23.4. The number of fused-ring (bicyclic) bond motifs is 2. The van der Waals surface area contributed by atoms with Crippen molar-refractivity contribution < 1.29 is 19.1 Å². The van der Waals surface area contributed by atoms with E-state index in [0.717, 1.165) is 38.0 Å². The quantitative estimate of drug-likeness (QED) is 0.316. The van der Waals surface area contributed by atoms with Crippen LogP contribution in [0, 0.1) is 34.5 Å². The molecule has 0 saturated heterocycles. The third-order valence-corrected chi connectivity index (χ3v) is 15.5. The standard InChI is InChI=1S/C28H48O4Si/c1-18(25(29)30)22-11-12-23-19(10-9-13-27(22,23)5)14-24(31-6)28-16-20(28)15-21(17-28)32-33(7,8)26(2,3)4/h14,18,20-24H,9-13,15-17H2,1-8H3,(H,29,30)/b19-14+/t18-,20+,21-,22+,23-,24+,27+,28-/m0/s1. The van der Waals surface area contributed by atoms with Gasteiger partial charge in [0, 0.05) is 18.6 Å². The van der Waals surface area contributed by atoms with E-state index in [4.69, 9.17) is 9.16 Å². The minimum absolute atomic E-state index is 0.116. The van der Waals surface area contributed by atoms with E-state index >= 15 is 0 Å². The second kappa shape index (κ2) is 8.48. The largest absolute Gasteiger partial charge is 0.481 e. The van der Waals surface area contributed by atoms with Crippen molar-refractivity contribution in [3.8, 4) is 0 Å².